The van der Waals surface area contributed by atoms with Crippen LogP contribution in [0.5, 0.6) is 0 Å². The first-order chi connectivity index (χ1) is 13.2. The number of benzene rings is 1. The molecular formula is C20H26N4O3. The van der Waals surface area contributed by atoms with Crippen LogP contribution in [0.25, 0.3) is 10.9 Å². The Hall–Kier alpha value is -2.38. The second kappa shape index (κ2) is 7.70. The van der Waals surface area contributed by atoms with Crippen LogP contribution in [0, 0.1) is 0 Å². The molecule has 0 spiro atoms. The molecule has 0 bridgehead atoms. The summed E-state index contributed by atoms with van der Waals surface area (Å²) < 4.78 is 7.64. The average molecular weight is 370 g/mol. The molecule has 4 rings (SSSR count). The number of para-hydroxylation sites is 1. The molecule has 1 aromatic heterocycles. The van der Waals surface area contributed by atoms with E-state index in [0.717, 1.165) is 35.9 Å². The fourth-order valence-corrected chi connectivity index (χ4v) is 3.68. The molecule has 1 saturated carbocycles. The third kappa shape index (κ3) is 3.84. The summed E-state index contributed by atoms with van der Waals surface area (Å²) in [4.78, 5) is 26.9. The normalized spacial score (nSPS) is 19.8. The molecule has 2 aromatic rings. The van der Waals surface area contributed by atoms with Gasteiger partial charge in [0.05, 0.1) is 6.61 Å². The van der Waals surface area contributed by atoms with Crippen LogP contribution in [0.15, 0.2) is 30.5 Å². The number of carbonyl (C=O) groups excluding carboxylic acids is 2. The van der Waals surface area contributed by atoms with Crippen LogP contribution < -0.4 is 10.6 Å². The number of nitrogens with zero attached hydrogens (tertiary/aromatic N) is 2. The monoisotopic (exact) mass is 370 g/mol. The van der Waals surface area contributed by atoms with Gasteiger partial charge in [0.25, 0.3) is 5.91 Å². The molecule has 7 nitrogen and oxygen atoms in total. The third-order valence-corrected chi connectivity index (χ3v) is 5.28. The summed E-state index contributed by atoms with van der Waals surface area (Å²) in [7, 11) is 1.64. The smallest absolute Gasteiger partial charge is 0.253 e. The van der Waals surface area contributed by atoms with Crippen LogP contribution in [-0.4, -0.2) is 60.2 Å². The van der Waals surface area contributed by atoms with Crippen LogP contribution >= 0.6 is 0 Å². The second-order valence-corrected chi connectivity index (χ2v) is 7.23. The van der Waals surface area contributed by atoms with Crippen molar-refractivity contribution >= 4 is 22.7 Å². The fraction of sp³-hybridized carbons (Fsp3) is 0.500. The van der Waals surface area contributed by atoms with E-state index in [1.54, 1.807) is 7.05 Å². The first kappa shape index (κ1) is 18.0. The van der Waals surface area contributed by atoms with E-state index in [1.807, 2.05) is 33.9 Å². The van der Waals surface area contributed by atoms with E-state index < -0.39 is 6.10 Å². The van der Waals surface area contributed by atoms with Crippen molar-refractivity contribution in [2.75, 3.05) is 26.7 Å². The summed E-state index contributed by atoms with van der Waals surface area (Å²) in [6.45, 7) is 2.75. The summed E-state index contributed by atoms with van der Waals surface area (Å²) in [6, 6.07) is 8.33. The van der Waals surface area contributed by atoms with Gasteiger partial charge in [-0.05, 0) is 24.5 Å². The fourth-order valence-electron chi connectivity index (χ4n) is 3.68. The summed E-state index contributed by atoms with van der Waals surface area (Å²) in [5.74, 6) is 0.0203. The Bertz CT molecular complexity index is 837. The number of hydrogen-bond donors (Lipinski definition) is 2. The minimum absolute atomic E-state index is 0.0425. The highest BCUT2D eigenvalue weighted by molar-refractivity contribution is 5.87. The van der Waals surface area contributed by atoms with Gasteiger partial charge in [0, 0.05) is 49.8 Å². The molecule has 144 valence electrons. The van der Waals surface area contributed by atoms with Gasteiger partial charge in [-0.1, -0.05) is 18.2 Å². The molecule has 2 aliphatic rings. The van der Waals surface area contributed by atoms with E-state index in [4.69, 9.17) is 4.74 Å². The largest absolute Gasteiger partial charge is 0.366 e. The molecular weight excluding hydrogens is 344 g/mol. The van der Waals surface area contributed by atoms with Gasteiger partial charge < -0.3 is 24.8 Å². The molecule has 2 fully saturated rings. The van der Waals surface area contributed by atoms with Gasteiger partial charge >= 0.3 is 0 Å². The van der Waals surface area contributed by atoms with E-state index in [1.165, 1.54) is 0 Å². The van der Waals surface area contributed by atoms with Crippen molar-refractivity contribution in [3.63, 3.8) is 0 Å². The maximum atomic E-state index is 13.0. The maximum absolute atomic E-state index is 13.0. The number of carbonyl (C=O) groups is 2. The van der Waals surface area contributed by atoms with Gasteiger partial charge in [-0.2, -0.15) is 0 Å². The molecule has 1 aliphatic carbocycles. The lowest BCUT2D eigenvalue weighted by Gasteiger charge is -2.30. The molecule has 1 saturated heterocycles. The Kier molecular flexibility index (Phi) is 5.13. The van der Waals surface area contributed by atoms with Crippen LogP contribution in [-0.2, 0) is 27.4 Å². The number of rotatable bonds is 6. The topological polar surface area (TPSA) is 75.6 Å². The van der Waals surface area contributed by atoms with Crippen LogP contribution in [0.3, 0.4) is 0 Å². The summed E-state index contributed by atoms with van der Waals surface area (Å²) in [6.07, 6.45) is 3.69. The molecule has 2 amide bonds. The van der Waals surface area contributed by atoms with Crippen LogP contribution in [0.1, 0.15) is 18.4 Å². The number of fused-ring (bicyclic) bond motifs is 1. The Morgan fingerprint density at radius 3 is 2.85 bits per heavy atom. The van der Waals surface area contributed by atoms with Crippen molar-refractivity contribution in [3.8, 4) is 0 Å². The number of morpholine rings is 1. The van der Waals surface area contributed by atoms with Crippen molar-refractivity contribution in [2.45, 2.75) is 38.1 Å². The lowest BCUT2D eigenvalue weighted by molar-refractivity contribution is -0.146. The van der Waals surface area contributed by atoms with Gasteiger partial charge in [-0.3, -0.25) is 9.59 Å². The van der Waals surface area contributed by atoms with Gasteiger partial charge in [0.1, 0.15) is 12.6 Å². The third-order valence-electron chi connectivity index (χ3n) is 5.28. The van der Waals surface area contributed by atoms with Crippen molar-refractivity contribution in [1.82, 2.24) is 20.1 Å². The van der Waals surface area contributed by atoms with Crippen molar-refractivity contribution in [3.05, 3.63) is 36.0 Å². The summed E-state index contributed by atoms with van der Waals surface area (Å²) in [5, 5.41) is 6.99. The van der Waals surface area contributed by atoms with Gasteiger partial charge in [-0.15, -0.1) is 0 Å². The highest BCUT2D eigenvalue weighted by Gasteiger charge is 2.37. The average Bonchev–Trinajstić information content (AvgIpc) is 3.50. The Labute approximate surface area is 158 Å². The predicted octanol–water partition coefficient (Wildman–Crippen LogP) is 0.867. The quantitative estimate of drug-likeness (QED) is 0.791. The van der Waals surface area contributed by atoms with Crippen LogP contribution in [0.2, 0.25) is 0 Å². The minimum atomic E-state index is -0.404. The zero-order chi connectivity index (χ0) is 18.8. The van der Waals surface area contributed by atoms with E-state index in [0.29, 0.717) is 25.7 Å². The Morgan fingerprint density at radius 2 is 2.15 bits per heavy atom. The van der Waals surface area contributed by atoms with E-state index in [9.17, 15) is 9.59 Å². The number of likely N-dealkylation sites (N-methyl/N-ethyl adjacent to an activating group) is 1. The highest BCUT2D eigenvalue weighted by Crippen LogP contribution is 2.31. The molecule has 1 aromatic carbocycles. The summed E-state index contributed by atoms with van der Waals surface area (Å²) >= 11 is 0. The lowest BCUT2D eigenvalue weighted by Crippen LogP contribution is -2.49. The zero-order valence-corrected chi connectivity index (χ0v) is 15.6. The minimum Gasteiger partial charge on any atom is -0.366 e. The van der Waals surface area contributed by atoms with Gasteiger partial charge in [-0.25, -0.2) is 0 Å². The van der Waals surface area contributed by atoms with Gasteiger partial charge in [0.2, 0.25) is 5.91 Å². The van der Waals surface area contributed by atoms with Crippen molar-refractivity contribution < 1.29 is 14.3 Å². The van der Waals surface area contributed by atoms with Crippen molar-refractivity contribution in [1.29, 1.82) is 0 Å². The molecule has 27 heavy (non-hydrogen) atoms. The standard InChI is InChI=1S/C20H26N4O3/c1-21-19(25)13-23-11-14(16-4-2-3-5-17(16)23)12-24(15-6-7-15)20(26)18-10-22-8-9-27-18/h2-5,11,15,18,22H,6-10,12-13H2,1H3,(H,21,25). The number of hydrogen-bond acceptors (Lipinski definition) is 4. The molecule has 7 heteroatoms. The first-order valence-electron chi connectivity index (χ1n) is 9.57. The number of nitrogens with one attached hydrogen (secondary N) is 2. The Balaban J connectivity index is 1.60. The molecule has 2 heterocycles. The summed E-state index contributed by atoms with van der Waals surface area (Å²) in [5.41, 5.74) is 2.08. The van der Waals surface area contributed by atoms with E-state index in [-0.39, 0.29) is 18.4 Å². The van der Waals surface area contributed by atoms with Crippen LogP contribution in [0.4, 0.5) is 0 Å². The molecule has 1 atom stereocenters. The lowest BCUT2D eigenvalue weighted by atomic mass is 10.1. The number of amides is 2. The molecule has 1 unspecified atom stereocenters. The van der Waals surface area contributed by atoms with E-state index >= 15 is 0 Å². The number of ether oxygens (including phenoxy) is 1. The molecule has 1 aliphatic heterocycles. The van der Waals surface area contributed by atoms with Gasteiger partial charge in [0.15, 0.2) is 0 Å². The Morgan fingerprint density at radius 1 is 1.33 bits per heavy atom. The predicted molar refractivity (Wildman–Crippen MR) is 102 cm³/mol. The first-order valence-corrected chi connectivity index (χ1v) is 9.57. The van der Waals surface area contributed by atoms with E-state index in [2.05, 4.69) is 16.7 Å². The molecule has 2 N–H and O–H groups in total. The second-order valence-electron chi connectivity index (χ2n) is 7.23. The zero-order valence-electron chi connectivity index (χ0n) is 15.6. The highest BCUT2D eigenvalue weighted by atomic mass is 16.5. The SMILES string of the molecule is CNC(=O)Cn1cc(CN(C(=O)C2CNCCO2)C2CC2)c2ccccc21. The maximum Gasteiger partial charge on any atom is 0.253 e. The number of aromatic nitrogens is 1. The molecule has 0 radical (unpaired) electrons. The van der Waals surface area contributed by atoms with Crippen molar-refractivity contribution in [2.24, 2.45) is 0 Å².